The van der Waals surface area contributed by atoms with E-state index in [-0.39, 0.29) is 11.5 Å². The van der Waals surface area contributed by atoms with Crippen LogP contribution in [0.4, 0.5) is 0 Å². The van der Waals surface area contributed by atoms with Gasteiger partial charge in [-0.15, -0.1) is 0 Å². The van der Waals surface area contributed by atoms with E-state index in [1.807, 2.05) is 0 Å². The topological polar surface area (TPSA) is 60.4 Å². The zero-order chi connectivity index (χ0) is 11.1. The third-order valence-corrected chi connectivity index (χ3v) is 2.75. The van der Waals surface area contributed by atoms with Crippen molar-refractivity contribution in [2.24, 2.45) is 0 Å². The van der Waals surface area contributed by atoms with Gasteiger partial charge in [-0.3, -0.25) is 4.79 Å². The second-order valence-electron chi connectivity index (χ2n) is 3.53. The third kappa shape index (κ3) is 2.18. The molecule has 0 aromatic heterocycles. The average Bonchev–Trinajstić information content (AvgIpc) is 2.45. The van der Waals surface area contributed by atoms with Crippen LogP contribution in [0, 0.1) is 0 Å². The molecule has 0 bridgehead atoms. The predicted molar refractivity (Wildman–Crippen MR) is 54.6 cm³/mol. The molecule has 0 unspecified atom stereocenters. The second kappa shape index (κ2) is 3.34. The van der Waals surface area contributed by atoms with Crippen molar-refractivity contribution in [3.8, 4) is 5.75 Å². The van der Waals surface area contributed by atoms with Crippen LogP contribution < -0.4 is 4.18 Å². The molecule has 4 nitrogen and oxygen atoms in total. The van der Waals surface area contributed by atoms with Crippen LogP contribution >= 0.6 is 0 Å². The monoisotopic (exact) mass is 226 g/mol. The van der Waals surface area contributed by atoms with E-state index in [0.29, 0.717) is 12.0 Å². The van der Waals surface area contributed by atoms with Crippen molar-refractivity contribution in [2.75, 3.05) is 6.26 Å². The Bertz CT molecular complexity index is 516. The highest BCUT2D eigenvalue weighted by molar-refractivity contribution is 7.86. The largest absolute Gasteiger partial charge is 0.383 e. The second-order valence-corrected chi connectivity index (χ2v) is 5.10. The first kappa shape index (κ1) is 10.2. The van der Waals surface area contributed by atoms with Gasteiger partial charge in [-0.1, -0.05) is 6.07 Å². The molecular formula is C10H10O4S. The van der Waals surface area contributed by atoms with Crippen LogP contribution in [-0.4, -0.2) is 20.5 Å². The summed E-state index contributed by atoms with van der Waals surface area (Å²) in [4.78, 5) is 11.4. The normalized spacial score (nSPS) is 15.1. The lowest BCUT2D eigenvalue weighted by Gasteiger charge is -2.04. The number of aryl methyl sites for hydroxylation is 1. The van der Waals surface area contributed by atoms with Gasteiger partial charge in [-0.05, 0) is 24.1 Å². The molecule has 5 heteroatoms. The minimum absolute atomic E-state index is 0.0453. The predicted octanol–water partition coefficient (Wildman–Crippen LogP) is 1.15. The first-order chi connectivity index (χ1) is 6.96. The van der Waals surface area contributed by atoms with Gasteiger partial charge in [0.1, 0.15) is 5.75 Å². The Hall–Kier alpha value is -1.36. The lowest BCUT2D eigenvalue weighted by atomic mass is 10.1. The van der Waals surface area contributed by atoms with Gasteiger partial charge >= 0.3 is 10.1 Å². The average molecular weight is 226 g/mol. The molecule has 1 aliphatic carbocycles. The molecule has 1 aromatic rings. The van der Waals surface area contributed by atoms with E-state index in [1.54, 1.807) is 12.1 Å². The van der Waals surface area contributed by atoms with Crippen LogP contribution in [0.5, 0.6) is 5.75 Å². The highest BCUT2D eigenvalue weighted by Gasteiger charge is 2.20. The molecule has 15 heavy (non-hydrogen) atoms. The number of hydrogen-bond donors (Lipinski definition) is 0. The molecule has 0 spiro atoms. The quantitative estimate of drug-likeness (QED) is 0.710. The molecule has 0 N–H and O–H groups in total. The zero-order valence-electron chi connectivity index (χ0n) is 8.19. The Kier molecular flexibility index (Phi) is 2.26. The SMILES string of the molecule is CS(=O)(=O)Oc1ccc2c(c1)C(=O)CC2. The van der Waals surface area contributed by atoms with E-state index >= 15 is 0 Å². The Labute approximate surface area is 88.0 Å². The van der Waals surface area contributed by atoms with Crippen LogP contribution in [0.1, 0.15) is 22.3 Å². The zero-order valence-corrected chi connectivity index (χ0v) is 9.00. The Morgan fingerprint density at radius 3 is 2.67 bits per heavy atom. The maximum atomic E-state index is 11.4. The summed E-state index contributed by atoms with van der Waals surface area (Å²) < 4.78 is 26.4. The van der Waals surface area contributed by atoms with E-state index in [9.17, 15) is 13.2 Å². The van der Waals surface area contributed by atoms with Crippen LogP contribution in [0.2, 0.25) is 0 Å². The fraction of sp³-hybridized carbons (Fsp3) is 0.300. The molecule has 0 amide bonds. The smallest absolute Gasteiger partial charge is 0.306 e. The highest BCUT2D eigenvalue weighted by atomic mass is 32.2. The van der Waals surface area contributed by atoms with Gasteiger partial charge < -0.3 is 4.18 Å². The summed E-state index contributed by atoms with van der Waals surface area (Å²) in [5.41, 5.74) is 1.54. The van der Waals surface area contributed by atoms with Crippen molar-refractivity contribution < 1.29 is 17.4 Å². The Morgan fingerprint density at radius 2 is 2.00 bits per heavy atom. The van der Waals surface area contributed by atoms with Crippen molar-refractivity contribution in [1.82, 2.24) is 0 Å². The van der Waals surface area contributed by atoms with E-state index in [4.69, 9.17) is 4.18 Å². The van der Waals surface area contributed by atoms with E-state index < -0.39 is 10.1 Å². The van der Waals surface area contributed by atoms with Gasteiger partial charge in [0, 0.05) is 12.0 Å². The summed E-state index contributed by atoms with van der Waals surface area (Å²) in [5, 5.41) is 0. The lowest BCUT2D eigenvalue weighted by molar-refractivity contribution is 0.0994. The summed E-state index contributed by atoms with van der Waals surface area (Å²) >= 11 is 0. The molecule has 0 radical (unpaired) electrons. The summed E-state index contributed by atoms with van der Waals surface area (Å²) in [5.74, 6) is 0.246. The first-order valence-electron chi connectivity index (χ1n) is 4.51. The van der Waals surface area contributed by atoms with Crippen molar-refractivity contribution >= 4 is 15.9 Å². The molecule has 0 fully saturated rings. The number of fused-ring (bicyclic) bond motifs is 1. The van der Waals surface area contributed by atoms with Gasteiger partial charge in [0.25, 0.3) is 0 Å². The fourth-order valence-electron chi connectivity index (χ4n) is 1.64. The van der Waals surface area contributed by atoms with E-state index in [0.717, 1.165) is 18.2 Å². The summed E-state index contributed by atoms with van der Waals surface area (Å²) in [6, 6.07) is 4.80. The number of carbonyl (C=O) groups is 1. The Balaban J connectivity index is 2.38. The molecule has 0 saturated carbocycles. The maximum Gasteiger partial charge on any atom is 0.306 e. The Morgan fingerprint density at radius 1 is 1.27 bits per heavy atom. The molecular weight excluding hydrogens is 216 g/mol. The molecule has 80 valence electrons. The third-order valence-electron chi connectivity index (χ3n) is 2.25. The number of carbonyl (C=O) groups excluding carboxylic acids is 1. The molecule has 0 heterocycles. The number of hydrogen-bond acceptors (Lipinski definition) is 4. The van der Waals surface area contributed by atoms with Crippen molar-refractivity contribution in [1.29, 1.82) is 0 Å². The van der Waals surface area contributed by atoms with Gasteiger partial charge in [0.05, 0.1) is 6.26 Å². The summed E-state index contributed by atoms with van der Waals surface area (Å²) in [6.45, 7) is 0. The van der Waals surface area contributed by atoms with Crippen molar-refractivity contribution in [2.45, 2.75) is 12.8 Å². The lowest BCUT2D eigenvalue weighted by Crippen LogP contribution is -2.06. The summed E-state index contributed by atoms with van der Waals surface area (Å²) in [6.07, 6.45) is 2.20. The minimum atomic E-state index is -3.52. The van der Waals surface area contributed by atoms with Crippen LogP contribution in [0.3, 0.4) is 0 Å². The van der Waals surface area contributed by atoms with Gasteiger partial charge in [0.2, 0.25) is 0 Å². The minimum Gasteiger partial charge on any atom is -0.383 e. The molecule has 2 rings (SSSR count). The molecule has 1 aliphatic rings. The number of Topliss-reactive ketones (excluding diaryl/α,β-unsaturated/α-hetero) is 1. The number of ketones is 1. The molecule has 0 saturated heterocycles. The molecule has 1 aromatic carbocycles. The van der Waals surface area contributed by atoms with Crippen LogP contribution in [0.15, 0.2) is 18.2 Å². The van der Waals surface area contributed by atoms with E-state index in [1.165, 1.54) is 6.07 Å². The van der Waals surface area contributed by atoms with Gasteiger partial charge in [-0.2, -0.15) is 8.42 Å². The van der Waals surface area contributed by atoms with E-state index in [2.05, 4.69) is 0 Å². The van der Waals surface area contributed by atoms with Gasteiger partial charge in [-0.25, -0.2) is 0 Å². The van der Waals surface area contributed by atoms with Crippen LogP contribution in [-0.2, 0) is 16.5 Å². The first-order valence-corrected chi connectivity index (χ1v) is 6.33. The highest BCUT2D eigenvalue weighted by Crippen LogP contribution is 2.26. The fourth-order valence-corrected chi connectivity index (χ4v) is 2.10. The summed E-state index contributed by atoms with van der Waals surface area (Å²) in [7, 11) is -3.52. The maximum absolute atomic E-state index is 11.4. The van der Waals surface area contributed by atoms with Crippen LogP contribution in [0.25, 0.3) is 0 Å². The molecule has 0 atom stereocenters. The standard InChI is InChI=1S/C10H10O4S/c1-15(12,13)14-8-4-2-7-3-5-10(11)9(7)6-8/h2,4,6H,3,5H2,1H3. The molecule has 0 aliphatic heterocycles. The van der Waals surface area contributed by atoms with Gasteiger partial charge in [0.15, 0.2) is 5.78 Å². The number of benzene rings is 1. The van der Waals surface area contributed by atoms with Crippen molar-refractivity contribution in [3.05, 3.63) is 29.3 Å². The van der Waals surface area contributed by atoms with Crippen molar-refractivity contribution in [3.63, 3.8) is 0 Å². The number of rotatable bonds is 2.